The Hall–Kier alpha value is -2.14. The van der Waals surface area contributed by atoms with Gasteiger partial charge in [-0.15, -0.1) is 4.40 Å². The van der Waals surface area contributed by atoms with Crippen molar-refractivity contribution >= 4 is 15.9 Å². The first kappa shape index (κ1) is 18.2. The van der Waals surface area contributed by atoms with E-state index >= 15 is 0 Å². The highest BCUT2D eigenvalue weighted by Crippen LogP contribution is 2.34. The van der Waals surface area contributed by atoms with Crippen molar-refractivity contribution in [3.05, 3.63) is 64.2 Å². The van der Waals surface area contributed by atoms with E-state index in [0.29, 0.717) is 0 Å². The molecule has 0 saturated heterocycles. The van der Waals surface area contributed by atoms with Gasteiger partial charge in [0.15, 0.2) is 0 Å². The molecule has 0 spiro atoms. The lowest BCUT2D eigenvalue weighted by atomic mass is 9.85. The monoisotopic (exact) mass is 344 g/mol. The van der Waals surface area contributed by atoms with E-state index in [9.17, 15) is 8.42 Å². The summed E-state index contributed by atoms with van der Waals surface area (Å²) in [6, 6.07) is 11.6. The number of hydrogen-bond donors (Lipinski definition) is 1. The molecule has 0 aromatic heterocycles. The molecule has 1 atom stereocenters. The van der Waals surface area contributed by atoms with Gasteiger partial charge in [0.2, 0.25) is 0 Å². The van der Waals surface area contributed by atoms with Crippen LogP contribution in [0.5, 0.6) is 0 Å². The average molecular weight is 344 g/mol. The lowest BCUT2D eigenvalue weighted by molar-refractivity contribution is 0.597. The van der Waals surface area contributed by atoms with Crippen LogP contribution in [0.15, 0.2) is 45.7 Å². The van der Waals surface area contributed by atoms with E-state index in [1.807, 2.05) is 32.0 Å². The molecule has 2 aromatic carbocycles. The molecule has 2 N–H and O–H groups in total. The zero-order valence-electron chi connectivity index (χ0n) is 14.8. The number of aryl methyl sites for hydroxylation is 2. The van der Waals surface area contributed by atoms with Crippen molar-refractivity contribution in [3.63, 3.8) is 0 Å². The molecule has 5 heteroatoms. The first-order valence-corrected chi connectivity index (χ1v) is 9.32. The van der Waals surface area contributed by atoms with Crippen LogP contribution in [0.4, 0.5) is 0 Å². The highest BCUT2D eigenvalue weighted by atomic mass is 32.2. The average Bonchev–Trinajstić information content (AvgIpc) is 2.45. The highest BCUT2D eigenvalue weighted by molar-refractivity contribution is 7.90. The Kier molecular flexibility index (Phi) is 5.13. The number of nitrogens with zero attached hydrogens (tertiary/aromatic N) is 1. The maximum absolute atomic E-state index is 12.5. The molecule has 128 valence electrons. The summed E-state index contributed by atoms with van der Waals surface area (Å²) in [7, 11) is -3.79. The quantitative estimate of drug-likeness (QED) is 0.677. The summed E-state index contributed by atoms with van der Waals surface area (Å²) in [5.74, 6) is 0.118. The van der Waals surface area contributed by atoms with Crippen LogP contribution in [0.2, 0.25) is 0 Å². The molecule has 0 unspecified atom stereocenters. The first-order chi connectivity index (χ1) is 11.1. The van der Waals surface area contributed by atoms with Crippen molar-refractivity contribution in [2.24, 2.45) is 10.1 Å². The number of sulfonamides is 1. The maximum atomic E-state index is 12.5. The van der Waals surface area contributed by atoms with E-state index in [-0.39, 0.29) is 16.6 Å². The summed E-state index contributed by atoms with van der Waals surface area (Å²) in [5, 5.41) is 0. The van der Waals surface area contributed by atoms with Crippen molar-refractivity contribution in [2.75, 3.05) is 0 Å². The summed E-state index contributed by atoms with van der Waals surface area (Å²) in [4.78, 5) is 0.216. The van der Waals surface area contributed by atoms with Crippen molar-refractivity contribution < 1.29 is 8.42 Å². The highest BCUT2D eigenvalue weighted by Gasteiger charge is 2.23. The van der Waals surface area contributed by atoms with Gasteiger partial charge in [0.05, 0.1) is 4.90 Å². The molecule has 0 aliphatic rings. The molecule has 0 saturated carbocycles. The normalized spacial score (nSPS) is 13.8. The molecular formula is C19H24N2O2S. The maximum Gasteiger partial charge on any atom is 0.284 e. The summed E-state index contributed by atoms with van der Waals surface area (Å²) in [6.45, 7) is 9.49. The van der Waals surface area contributed by atoms with Gasteiger partial charge in [-0.05, 0) is 61.6 Å². The Morgan fingerprint density at radius 3 is 2.25 bits per heavy atom. The van der Waals surface area contributed by atoms with Gasteiger partial charge in [0.1, 0.15) is 5.84 Å². The molecule has 0 aliphatic heterocycles. The molecule has 0 aliphatic carbocycles. The molecule has 0 radical (unpaired) electrons. The molecule has 0 bridgehead atoms. The van der Waals surface area contributed by atoms with Crippen molar-refractivity contribution in [1.29, 1.82) is 0 Å². The van der Waals surface area contributed by atoms with Crippen LogP contribution in [-0.4, -0.2) is 14.3 Å². The van der Waals surface area contributed by atoms with Crippen LogP contribution in [0.25, 0.3) is 0 Å². The Balaban J connectivity index is 2.67. The molecule has 24 heavy (non-hydrogen) atoms. The van der Waals surface area contributed by atoms with Gasteiger partial charge >= 0.3 is 0 Å². The van der Waals surface area contributed by atoms with Crippen molar-refractivity contribution in [2.45, 2.75) is 45.4 Å². The van der Waals surface area contributed by atoms with Crippen molar-refractivity contribution in [3.8, 4) is 0 Å². The standard InChI is InChI=1S/C19H24N2O2S/c1-12-8-6-7-9-17(12)14(3)19-13(2)10-11-18(15(19)4)24(22,23)21-16(5)20/h6-11,14H,1-5H3,(H2,20,21)/t14-/m1/s1. The third kappa shape index (κ3) is 3.51. The van der Waals surface area contributed by atoms with E-state index in [0.717, 1.165) is 16.7 Å². The van der Waals surface area contributed by atoms with Crippen LogP contribution in [0.1, 0.15) is 47.6 Å². The fourth-order valence-electron chi connectivity index (χ4n) is 3.26. The van der Waals surface area contributed by atoms with Gasteiger partial charge in [0, 0.05) is 5.92 Å². The third-order valence-corrected chi connectivity index (χ3v) is 5.84. The van der Waals surface area contributed by atoms with Gasteiger partial charge < -0.3 is 5.73 Å². The van der Waals surface area contributed by atoms with E-state index < -0.39 is 10.0 Å². The summed E-state index contributed by atoms with van der Waals surface area (Å²) in [5.41, 5.74) is 10.7. The van der Waals surface area contributed by atoms with Crippen LogP contribution in [0, 0.1) is 20.8 Å². The summed E-state index contributed by atoms with van der Waals surface area (Å²) < 4.78 is 28.6. The van der Waals surface area contributed by atoms with Gasteiger partial charge in [-0.3, -0.25) is 0 Å². The van der Waals surface area contributed by atoms with E-state index in [1.54, 1.807) is 6.07 Å². The summed E-state index contributed by atoms with van der Waals surface area (Å²) in [6.07, 6.45) is 0. The minimum Gasteiger partial charge on any atom is -0.387 e. The van der Waals surface area contributed by atoms with Gasteiger partial charge in [-0.1, -0.05) is 37.3 Å². The topological polar surface area (TPSA) is 72.5 Å². The number of benzene rings is 2. The van der Waals surface area contributed by atoms with E-state index in [1.165, 1.54) is 18.1 Å². The minimum atomic E-state index is -3.79. The smallest absolute Gasteiger partial charge is 0.284 e. The number of amidine groups is 1. The van der Waals surface area contributed by atoms with E-state index in [4.69, 9.17) is 5.73 Å². The lowest BCUT2D eigenvalue weighted by Gasteiger charge is -2.21. The Morgan fingerprint density at radius 1 is 1.04 bits per heavy atom. The molecule has 0 heterocycles. The largest absolute Gasteiger partial charge is 0.387 e. The van der Waals surface area contributed by atoms with Crippen molar-refractivity contribution in [1.82, 2.24) is 0 Å². The molecule has 2 aromatic rings. The van der Waals surface area contributed by atoms with Gasteiger partial charge in [-0.2, -0.15) is 8.42 Å². The number of nitrogens with two attached hydrogens (primary N) is 1. The number of hydrogen-bond acceptors (Lipinski definition) is 2. The third-order valence-electron chi connectivity index (χ3n) is 4.31. The predicted octanol–water partition coefficient (Wildman–Crippen LogP) is 3.83. The van der Waals surface area contributed by atoms with Crippen LogP contribution in [0.3, 0.4) is 0 Å². The van der Waals surface area contributed by atoms with E-state index in [2.05, 4.69) is 30.4 Å². The predicted molar refractivity (Wildman–Crippen MR) is 99.1 cm³/mol. The molecule has 0 fully saturated rings. The second-order valence-electron chi connectivity index (χ2n) is 6.21. The van der Waals surface area contributed by atoms with Crippen LogP contribution < -0.4 is 5.73 Å². The van der Waals surface area contributed by atoms with Gasteiger partial charge in [0.25, 0.3) is 10.0 Å². The zero-order chi connectivity index (χ0) is 18.1. The number of rotatable bonds is 4. The molecule has 4 nitrogen and oxygen atoms in total. The Bertz CT molecular complexity index is 896. The fourth-order valence-corrected chi connectivity index (χ4v) is 4.47. The Labute approximate surface area is 144 Å². The molecular weight excluding hydrogens is 320 g/mol. The SMILES string of the molecule is C/C(N)=N\S(=O)(=O)c1ccc(C)c([C@H](C)c2ccccc2C)c1C. The lowest BCUT2D eigenvalue weighted by Crippen LogP contribution is -2.12. The van der Waals surface area contributed by atoms with Crippen LogP contribution >= 0.6 is 0 Å². The minimum absolute atomic E-state index is 0.0310. The first-order valence-electron chi connectivity index (χ1n) is 7.88. The molecule has 2 rings (SSSR count). The summed E-state index contributed by atoms with van der Waals surface area (Å²) >= 11 is 0. The fraction of sp³-hybridized carbons (Fsp3) is 0.316. The zero-order valence-corrected chi connectivity index (χ0v) is 15.6. The second-order valence-corrected chi connectivity index (χ2v) is 7.78. The van der Waals surface area contributed by atoms with Gasteiger partial charge in [-0.25, -0.2) is 0 Å². The second kappa shape index (κ2) is 6.77. The van der Waals surface area contributed by atoms with Crippen LogP contribution in [-0.2, 0) is 10.0 Å². The molecule has 0 amide bonds. The Morgan fingerprint density at radius 2 is 1.67 bits per heavy atom.